The van der Waals surface area contributed by atoms with Crippen molar-refractivity contribution in [3.63, 3.8) is 0 Å². The zero-order valence-electron chi connectivity index (χ0n) is 15.9. The monoisotopic (exact) mass is 425 g/mol. The van der Waals surface area contributed by atoms with Crippen LogP contribution < -0.4 is 14.4 Å². The summed E-state index contributed by atoms with van der Waals surface area (Å²) in [5.74, 6) is -0.313. The van der Waals surface area contributed by atoms with Gasteiger partial charge in [-0.3, -0.25) is 14.6 Å². The van der Waals surface area contributed by atoms with E-state index in [4.69, 9.17) is 4.74 Å². The lowest BCUT2D eigenvalue weighted by Crippen LogP contribution is -2.34. The van der Waals surface area contributed by atoms with Gasteiger partial charge in [0.1, 0.15) is 5.75 Å². The number of carbonyl (C=O) groups excluding carboxylic acids is 2. The van der Waals surface area contributed by atoms with Crippen molar-refractivity contribution in [3.05, 3.63) is 60.9 Å². The number of pyridine rings is 1. The van der Waals surface area contributed by atoms with Gasteiger partial charge in [0, 0.05) is 41.8 Å². The fourth-order valence-corrected chi connectivity index (χ4v) is 4.56. The molecule has 0 radical (unpaired) electrons. The first-order chi connectivity index (χ1) is 14.4. The van der Waals surface area contributed by atoms with Gasteiger partial charge >= 0.3 is 0 Å². The number of fused-ring (bicyclic) bond motifs is 1. The van der Waals surface area contributed by atoms with Crippen LogP contribution in [0.5, 0.6) is 5.75 Å². The number of nitrogens with one attached hydrogen (secondary N) is 1. The van der Waals surface area contributed by atoms with Gasteiger partial charge in [-0.2, -0.15) is 0 Å². The highest BCUT2D eigenvalue weighted by Crippen LogP contribution is 2.24. The lowest BCUT2D eigenvalue weighted by Gasteiger charge is -2.16. The Labute approximate surface area is 173 Å². The van der Waals surface area contributed by atoms with Gasteiger partial charge in [0.2, 0.25) is 5.91 Å². The van der Waals surface area contributed by atoms with Gasteiger partial charge in [0.05, 0.1) is 4.90 Å². The summed E-state index contributed by atoms with van der Waals surface area (Å²) in [6.07, 6.45) is 4.42. The summed E-state index contributed by atoms with van der Waals surface area (Å²) in [4.78, 5) is 29.6. The average molecular weight is 425 g/mol. The maximum Gasteiger partial charge on any atom is 0.271 e. The molecule has 0 saturated carbocycles. The summed E-state index contributed by atoms with van der Waals surface area (Å²) in [5.41, 5.74) is 0.766. The second kappa shape index (κ2) is 8.11. The molecule has 0 unspecified atom stereocenters. The van der Waals surface area contributed by atoms with Crippen LogP contribution in [0, 0.1) is 0 Å². The second-order valence-electron chi connectivity index (χ2n) is 6.81. The van der Waals surface area contributed by atoms with Gasteiger partial charge in [-0.1, -0.05) is 12.1 Å². The zero-order valence-corrected chi connectivity index (χ0v) is 16.8. The van der Waals surface area contributed by atoms with Crippen LogP contribution in [-0.2, 0) is 19.6 Å². The highest BCUT2D eigenvalue weighted by Gasteiger charge is 2.22. The molecule has 0 bridgehead atoms. The van der Waals surface area contributed by atoms with Crippen LogP contribution in [0.1, 0.15) is 12.8 Å². The first-order valence-electron chi connectivity index (χ1n) is 9.36. The molecule has 8 nitrogen and oxygen atoms in total. The van der Waals surface area contributed by atoms with Gasteiger partial charge in [-0.25, -0.2) is 13.1 Å². The molecule has 0 atom stereocenters. The van der Waals surface area contributed by atoms with Crippen molar-refractivity contribution in [2.75, 3.05) is 18.1 Å². The molecule has 3 aromatic rings. The smallest absolute Gasteiger partial charge is 0.271 e. The minimum Gasteiger partial charge on any atom is -0.484 e. The summed E-state index contributed by atoms with van der Waals surface area (Å²) in [7, 11) is -4.07. The van der Waals surface area contributed by atoms with Crippen molar-refractivity contribution >= 4 is 38.3 Å². The number of benzene rings is 2. The minimum absolute atomic E-state index is 0.00427. The maximum atomic E-state index is 12.6. The largest absolute Gasteiger partial charge is 0.484 e. The molecule has 1 aliphatic rings. The Balaban J connectivity index is 1.40. The Hall–Kier alpha value is -3.46. The summed E-state index contributed by atoms with van der Waals surface area (Å²) in [6, 6.07) is 13.1. The van der Waals surface area contributed by atoms with Crippen molar-refractivity contribution in [1.29, 1.82) is 0 Å². The second-order valence-corrected chi connectivity index (χ2v) is 8.46. The molecule has 154 valence electrons. The van der Waals surface area contributed by atoms with Crippen LogP contribution in [-0.4, -0.2) is 38.4 Å². The molecule has 1 fully saturated rings. The molecule has 1 aliphatic heterocycles. The lowest BCUT2D eigenvalue weighted by atomic mass is 10.2. The molecule has 4 rings (SSSR count). The van der Waals surface area contributed by atoms with E-state index < -0.39 is 22.5 Å². The molecule has 2 amide bonds. The van der Waals surface area contributed by atoms with Crippen LogP contribution in [0.25, 0.3) is 10.8 Å². The normalized spacial score (nSPS) is 14.1. The fraction of sp³-hybridized carbons (Fsp3) is 0.190. The number of hydrogen-bond acceptors (Lipinski definition) is 6. The number of anilines is 1. The van der Waals surface area contributed by atoms with Gasteiger partial charge < -0.3 is 9.64 Å². The Morgan fingerprint density at radius 2 is 1.93 bits per heavy atom. The van der Waals surface area contributed by atoms with Crippen LogP contribution in [0.2, 0.25) is 0 Å². The number of hydrogen-bond donors (Lipinski definition) is 1. The van der Waals surface area contributed by atoms with Crippen molar-refractivity contribution < 1.29 is 22.7 Å². The van der Waals surface area contributed by atoms with Crippen molar-refractivity contribution in [1.82, 2.24) is 9.71 Å². The molecule has 1 aromatic heterocycles. The molecular formula is C21H19N3O5S. The van der Waals surface area contributed by atoms with E-state index in [-0.39, 0.29) is 10.8 Å². The van der Waals surface area contributed by atoms with E-state index in [0.717, 1.165) is 12.1 Å². The predicted octanol–water partition coefficient (Wildman–Crippen LogP) is 2.25. The Morgan fingerprint density at radius 3 is 2.67 bits per heavy atom. The zero-order chi connectivity index (χ0) is 21.1. The molecule has 0 spiro atoms. The highest BCUT2D eigenvalue weighted by atomic mass is 32.2. The Morgan fingerprint density at radius 1 is 1.13 bits per heavy atom. The highest BCUT2D eigenvalue weighted by molar-refractivity contribution is 7.90. The number of ether oxygens (including phenoxy) is 1. The third-order valence-corrected chi connectivity index (χ3v) is 6.20. The Kier molecular flexibility index (Phi) is 5.37. The minimum atomic E-state index is -4.07. The van der Waals surface area contributed by atoms with E-state index >= 15 is 0 Å². The number of amides is 2. The third-order valence-electron chi connectivity index (χ3n) is 4.77. The Bertz CT molecular complexity index is 1200. The standard InChI is InChI=1S/C21H19N3O5S/c25-20(14-29-17-8-6-16(7-9-17)24-12-2-5-21(24)26)23-30(27,28)19-4-1-3-15-13-22-11-10-18(15)19/h1,3-4,6-11,13H,2,5,12,14H2,(H,23,25). The quantitative estimate of drug-likeness (QED) is 0.649. The summed E-state index contributed by atoms with van der Waals surface area (Å²) in [6.45, 7) is 0.219. The van der Waals surface area contributed by atoms with E-state index in [9.17, 15) is 18.0 Å². The predicted molar refractivity (Wildman–Crippen MR) is 111 cm³/mol. The van der Waals surface area contributed by atoms with Crippen LogP contribution >= 0.6 is 0 Å². The molecule has 0 aliphatic carbocycles. The first kappa shape index (κ1) is 19.8. The molecule has 1 saturated heterocycles. The first-order valence-corrected chi connectivity index (χ1v) is 10.8. The van der Waals surface area contributed by atoms with E-state index in [1.54, 1.807) is 53.6 Å². The number of sulfonamides is 1. The molecule has 2 aromatic carbocycles. The number of aromatic nitrogens is 1. The van der Waals surface area contributed by atoms with Crippen molar-refractivity contribution in [2.45, 2.75) is 17.7 Å². The van der Waals surface area contributed by atoms with E-state index in [0.29, 0.717) is 29.5 Å². The van der Waals surface area contributed by atoms with Crippen molar-refractivity contribution in [2.24, 2.45) is 0 Å². The number of rotatable bonds is 6. The van der Waals surface area contributed by atoms with Gasteiger partial charge in [-0.05, 0) is 42.8 Å². The number of carbonyl (C=O) groups is 2. The molecule has 30 heavy (non-hydrogen) atoms. The molecular weight excluding hydrogens is 406 g/mol. The lowest BCUT2D eigenvalue weighted by molar-refractivity contribution is -0.121. The van der Waals surface area contributed by atoms with Gasteiger partial charge in [0.15, 0.2) is 6.61 Å². The van der Waals surface area contributed by atoms with E-state index in [1.807, 2.05) is 4.72 Å². The molecule has 1 N–H and O–H groups in total. The fourth-order valence-electron chi connectivity index (χ4n) is 3.35. The summed E-state index contributed by atoms with van der Waals surface area (Å²) >= 11 is 0. The maximum absolute atomic E-state index is 12.6. The number of nitrogens with zero attached hydrogens (tertiary/aromatic N) is 2. The SMILES string of the molecule is O=C(COc1ccc(N2CCCC2=O)cc1)NS(=O)(=O)c1cccc2cnccc12. The van der Waals surface area contributed by atoms with Crippen LogP contribution in [0.3, 0.4) is 0 Å². The molecule has 9 heteroatoms. The molecule has 2 heterocycles. The van der Waals surface area contributed by atoms with Crippen LogP contribution in [0.4, 0.5) is 5.69 Å². The topological polar surface area (TPSA) is 106 Å². The van der Waals surface area contributed by atoms with E-state index in [1.165, 1.54) is 12.3 Å². The van der Waals surface area contributed by atoms with Gasteiger partial charge in [0.25, 0.3) is 15.9 Å². The summed E-state index contributed by atoms with van der Waals surface area (Å²) < 4.78 is 32.7. The third kappa shape index (κ3) is 4.11. The van der Waals surface area contributed by atoms with Gasteiger partial charge in [-0.15, -0.1) is 0 Å². The van der Waals surface area contributed by atoms with E-state index in [2.05, 4.69) is 4.98 Å². The van der Waals surface area contributed by atoms with Crippen molar-refractivity contribution in [3.8, 4) is 5.75 Å². The van der Waals surface area contributed by atoms with Crippen LogP contribution in [0.15, 0.2) is 65.8 Å². The summed E-state index contributed by atoms with van der Waals surface area (Å²) in [5, 5.41) is 1.13. The average Bonchev–Trinajstić information content (AvgIpc) is 3.18.